The van der Waals surface area contributed by atoms with Crippen LogP contribution in [0.25, 0.3) is 0 Å². The van der Waals surface area contributed by atoms with Crippen molar-refractivity contribution in [3.63, 3.8) is 0 Å². The number of benzene rings is 1. The van der Waals surface area contributed by atoms with Crippen molar-refractivity contribution in [2.45, 2.75) is 39.4 Å². The number of rotatable bonds is 9. The van der Waals surface area contributed by atoms with Crippen molar-refractivity contribution in [3.8, 4) is 11.5 Å². The highest BCUT2D eigenvalue weighted by atomic mass is 35.5. The molecule has 3 rings (SSSR count). The Kier molecular flexibility index (Phi) is 7.63. The van der Waals surface area contributed by atoms with E-state index in [9.17, 15) is 9.59 Å². The number of anilines is 1. The molecule has 0 fully saturated rings. The van der Waals surface area contributed by atoms with Gasteiger partial charge in [-0.15, -0.1) is 0 Å². The second-order valence-electron chi connectivity index (χ2n) is 8.11. The molecule has 8 nitrogen and oxygen atoms in total. The molecule has 2 heterocycles. The van der Waals surface area contributed by atoms with E-state index < -0.39 is 23.7 Å². The van der Waals surface area contributed by atoms with Gasteiger partial charge in [-0.2, -0.15) is 0 Å². The summed E-state index contributed by atoms with van der Waals surface area (Å²) in [7, 11) is 4.33. The third-order valence-electron chi connectivity index (χ3n) is 5.40. The van der Waals surface area contributed by atoms with E-state index in [1.165, 1.54) is 19.1 Å². The van der Waals surface area contributed by atoms with Gasteiger partial charge in [-0.3, -0.25) is 4.79 Å². The van der Waals surface area contributed by atoms with Crippen LogP contribution in [0.2, 0.25) is 5.15 Å². The fraction of sp³-hybridized carbons (Fsp3) is 0.435. The lowest BCUT2D eigenvalue weighted by Gasteiger charge is -2.20. The predicted octanol–water partition coefficient (Wildman–Crippen LogP) is 4.05. The number of carbonyl (C=O) groups excluding carboxylic acids is 2. The van der Waals surface area contributed by atoms with Crippen molar-refractivity contribution < 1.29 is 28.2 Å². The Morgan fingerprint density at radius 3 is 2.61 bits per heavy atom. The van der Waals surface area contributed by atoms with Crippen LogP contribution in [0.1, 0.15) is 41.8 Å². The number of hydrogen-bond acceptors (Lipinski definition) is 7. The van der Waals surface area contributed by atoms with E-state index in [-0.39, 0.29) is 41.1 Å². The number of halogens is 2. The van der Waals surface area contributed by atoms with E-state index in [1.54, 1.807) is 25.3 Å². The molecule has 1 amide bonds. The summed E-state index contributed by atoms with van der Waals surface area (Å²) in [5, 5.41) is 2.67. The van der Waals surface area contributed by atoms with E-state index >= 15 is 4.39 Å². The number of carbonyl (C=O) groups is 2. The number of aromatic nitrogens is 1. The van der Waals surface area contributed by atoms with Crippen LogP contribution in [0.4, 0.5) is 10.2 Å². The molecular formula is C23H27ClFN3O5. The molecule has 1 aliphatic rings. The zero-order chi connectivity index (χ0) is 24.3. The van der Waals surface area contributed by atoms with Crippen LogP contribution in [0.3, 0.4) is 0 Å². The molecule has 178 valence electrons. The molecule has 0 bridgehead atoms. The van der Waals surface area contributed by atoms with Crippen molar-refractivity contribution in [1.29, 1.82) is 0 Å². The van der Waals surface area contributed by atoms with Crippen molar-refractivity contribution in [3.05, 3.63) is 45.9 Å². The molecule has 0 unspecified atom stereocenters. The molecule has 1 aromatic heterocycles. The highest BCUT2D eigenvalue weighted by molar-refractivity contribution is 6.33. The minimum absolute atomic E-state index is 0.000819. The fourth-order valence-corrected chi connectivity index (χ4v) is 4.05. The smallest absolute Gasteiger partial charge is 0.328 e. The lowest BCUT2D eigenvalue weighted by atomic mass is 10.0. The molecule has 10 heteroatoms. The van der Waals surface area contributed by atoms with Gasteiger partial charge in [0.25, 0.3) is 5.91 Å². The Balaban J connectivity index is 1.89. The number of pyridine rings is 1. The molecule has 1 atom stereocenters. The number of esters is 1. The molecular weight excluding hydrogens is 453 g/mol. The summed E-state index contributed by atoms with van der Waals surface area (Å²) < 4.78 is 30.8. The van der Waals surface area contributed by atoms with Gasteiger partial charge >= 0.3 is 5.97 Å². The Bertz CT molecular complexity index is 1060. The first-order chi connectivity index (χ1) is 15.7. The minimum Gasteiger partial charge on any atom is -0.497 e. The topological polar surface area (TPSA) is 90.0 Å². The molecule has 33 heavy (non-hydrogen) atoms. The van der Waals surface area contributed by atoms with Gasteiger partial charge in [0.2, 0.25) is 0 Å². The van der Waals surface area contributed by atoms with Gasteiger partial charge in [0, 0.05) is 23.7 Å². The van der Waals surface area contributed by atoms with E-state index in [2.05, 4.69) is 10.3 Å². The van der Waals surface area contributed by atoms with Crippen LogP contribution in [0.15, 0.2) is 18.2 Å². The Morgan fingerprint density at radius 2 is 2.00 bits per heavy atom. The number of ether oxygens (including phenoxy) is 3. The molecule has 0 saturated heterocycles. The van der Waals surface area contributed by atoms with Crippen molar-refractivity contribution in [2.24, 2.45) is 5.92 Å². The molecule has 1 N–H and O–H groups in total. The zero-order valence-electron chi connectivity index (χ0n) is 19.2. The van der Waals surface area contributed by atoms with Crippen molar-refractivity contribution in [1.82, 2.24) is 9.88 Å². The third kappa shape index (κ3) is 5.13. The average Bonchev–Trinajstić information content (AvgIpc) is 3.12. The number of methoxy groups -OCH3 is 3. The van der Waals surface area contributed by atoms with Gasteiger partial charge in [0.15, 0.2) is 11.6 Å². The summed E-state index contributed by atoms with van der Waals surface area (Å²) in [6.07, 6.45) is 0.408. The Morgan fingerprint density at radius 1 is 1.27 bits per heavy atom. The average molecular weight is 480 g/mol. The van der Waals surface area contributed by atoms with Crippen LogP contribution in [-0.2, 0) is 22.6 Å². The van der Waals surface area contributed by atoms with E-state index in [0.29, 0.717) is 17.9 Å². The largest absolute Gasteiger partial charge is 0.497 e. The van der Waals surface area contributed by atoms with Crippen LogP contribution in [0, 0.1) is 11.7 Å². The van der Waals surface area contributed by atoms with Crippen LogP contribution in [-0.4, -0.2) is 49.1 Å². The lowest BCUT2D eigenvalue weighted by molar-refractivity contribution is -0.141. The Hall–Kier alpha value is -3.07. The quantitative estimate of drug-likeness (QED) is 0.428. The first-order valence-electron chi connectivity index (χ1n) is 10.4. The lowest BCUT2D eigenvalue weighted by Crippen LogP contribution is -2.33. The maximum Gasteiger partial charge on any atom is 0.328 e. The summed E-state index contributed by atoms with van der Waals surface area (Å²) in [4.78, 5) is 30.6. The number of nitrogens with zero attached hydrogens (tertiary/aromatic N) is 2. The van der Waals surface area contributed by atoms with Gasteiger partial charge in [-0.1, -0.05) is 25.4 Å². The predicted molar refractivity (Wildman–Crippen MR) is 121 cm³/mol. The van der Waals surface area contributed by atoms with Gasteiger partial charge < -0.3 is 24.4 Å². The zero-order valence-corrected chi connectivity index (χ0v) is 20.0. The monoisotopic (exact) mass is 479 g/mol. The fourth-order valence-electron chi connectivity index (χ4n) is 3.77. The molecule has 1 aliphatic heterocycles. The van der Waals surface area contributed by atoms with Gasteiger partial charge in [0.05, 0.1) is 33.4 Å². The maximum absolute atomic E-state index is 15.4. The van der Waals surface area contributed by atoms with E-state index in [0.717, 1.165) is 5.56 Å². The second kappa shape index (κ2) is 10.2. The second-order valence-corrected chi connectivity index (χ2v) is 8.47. The summed E-state index contributed by atoms with van der Waals surface area (Å²) in [6.45, 7) is 4.04. The highest BCUT2D eigenvalue weighted by Crippen LogP contribution is 2.36. The van der Waals surface area contributed by atoms with Gasteiger partial charge in [-0.25, -0.2) is 14.2 Å². The van der Waals surface area contributed by atoms with Crippen LogP contribution in [0.5, 0.6) is 11.5 Å². The third-order valence-corrected chi connectivity index (χ3v) is 5.67. The van der Waals surface area contributed by atoms with Crippen LogP contribution < -0.4 is 14.8 Å². The molecule has 0 saturated carbocycles. The van der Waals surface area contributed by atoms with Crippen molar-refractivity contribution in [2.75, 3.05) is 26.6 Å². The van der Waals surface area contributed by atoms with Gasteiger partial charge in [-0.05, 0) is 24.5 Å². The first-order valence-corrected chi connectivity index (χ1v) is 10.8. The van der Waals surface area contributed by atoms with Crippen LogP contribution >= 0.6 is 11.6 Å². The molecule has 2 aromatic rings. The first kappa shape index (κ1) is 24.6. The van der Waals surface area contributed by atoms with E-state index in [1.807, 2.05) is 13.8 Å². The number of nitrogens with one attached hydrogen (secondary N) is 1. The molecule has 0 aliphatic carbocycles. The summed E-state index contributed by atoms with van der Waals surface area (Å²) in [5.74, 6) is -0.576. The molecule has 0 radical (unpaired) electrons. The Labute approximate surface area is 197 Å². The minimum atomic E-state index is -0.803. The summed E-state index contributed by atoms with van der Waals surface area (Å²) in [5.41, 5.74) is 0.874. The van der Waals surface area contributed by atoms with Gasteiger partial charge in [0.1, 0.15) is 22.7 Å². The van der Waals surface area contributed by atoms with Crippen molar-refractivity contribution >= 4 is 29.3 Å². The number of fused-ring (bicyclic) bond motifs is 1. The normalized spacial score (nSPS) is 13.7. The summed E-state index contributed by atoms with van der Waals surface area (Å²) in [6, 6.07) is 4.44. The summed E-state index contributed by atoms with van der Waals surface area (Å²) >= 11 is 6.29. The number of hydrogen-bond donors (Lipinski definition) is 1. The highest BCUT2D eigenvalue weighted by Gasteiger charge is 2.36. The SMILES string of the molecule is COC(=O)[C@@H](CC(C)C)Nc1nc(Cl)c2c(c1F)CN(Cc1ccc(OC)cc1OC)C2=O. The molecule has 0 spiro atoms. The number of amides is 1. The molecule has 1 aromatic carbocycles. The standard InChI is InChI=1S/C23H27ClFN3O5/c1-12(2)8-16(23(30)33-5)26-21-19(25)15-11-28(22(29)18(15)20(24)27-21)10-13-6-7-14(31-3)9-17(13)32-4/h6-7,9,12,16H,8,10-11H2,1-5H3,(H,26,27)/t16-/m1/s1. The maximum atomic E-state index is 15.4. The van der Waals surface area contributed by atoms with E-state index in [4.69, 9.17) is 25.8 Å².